The molecule has 1 N–H and O–H groups in total. The highest BCUT2D eigenvalue weighted by atomic mass is 35.5. The third-order valence-corrected chi connectivity index (χ3v) is 6.92. The van der Waals surface area contributed by atoms with Gasteiger partial charge >= 0.3 is 0 Å². The van der Waals surface area contributed by atoms with Crippen LogP contribution >= 0.6 is 23.2 Å². The first-order valence-corrected chi connectivity index (χ1v) is 12.3. The Kier molecular flexibility index (Phi) is 7.10. The number of hydrogen-bond acceptors (Lipinski definition) is 4. The Morgan fingerprint density at radius 1 is 1.03 bits per heavy atom. The first-order valence-electron chi connectivity index (χ1n) is 11.5. The molecule has 1 atom stereocenters. The molecule has 0 aliphatic heterocycles. The highest BCUT2D eigenvalue weighted by molar-refractivity contribution is 6.35. The molecule has 0 radical (unpaired) electrons. The largest absolute Gasteiger partial charge is 0.373 e. The number of nitrogens with one attached hydrogen (secondary N) is 1. The lowest BCUT2D eigenvalue weighted by Gasteiger charge is -2.39. The van der Waals surface area contributed by atoms with Crippen molar-refractivity contribution in [1.29, 1.82) is 0 Å². The minimum absolute atomic E-state index is 0.0642. The van der Waals surface area contributed by atoms with Crippen molar-refractivity contribution in [2.45, 2.75) is 64.5 Å². The number of aromatic nitrogens is 4. The summed E-state index contributed by atoms with van der Waals surface area (Å²) >= 11 is 12.5. The molecule has 3 aromatic rings. The Labute approximate surface area is 206 Å². The van der Waals surface area contributed by atoms with Crippen molar-refractivity contribution in [3.8, 4) is 0 Å². The molecule has 1 saturated carbocycles. The number of anilines is 1. The van der Waals surface area contributed by atoms with E-state index in [0.29, 0.717) is 10.0 Å². The van der Waals surface area contributed by atoms with Gasteiger partial charge in [0.2, 0.25) is 0 Å². The van der Waals surface area contributed by atoms with Gasteiger partial charge in [-0.2, -0.15) is 0 Å². The van der Waals surface area contributed by atoms with Crippen molar-refractivity contribution in [3.05, 3.63) is 76.0 Å². The lowest BCUT2D eigenvalue weighted by atomic mass is 9.79. The van der Waals surface area contributed by atoms with Gasteiger partial charge in [0.15, 0.2) is 5.82 Å². The van der Waals surface area contributed by atoms with Crippen LogP contribution in [-0.4, -0.2) is 20.2 Å². The van der Waals surface area contributed by atoms with Gasteiger partial charge in [-0.05, 0) is 58.5 Å². The van der Waals surface area contributed by atoms with Crippen LogP contribution in [0, 0.1) is 5.41 Å². The third-order valence-electron chi connectivity index (χ3n) is 6.36. The number of rotatable bonds is 6. The fourth-order valence-electron chi connectivity index (χ4n) is 4.62. The Morgan fingerprint density at radius 3 is 2.42 bits per heavy atom. The normalized spacial score (nSPS) is 17.2. The molecule has 1 fully saturated rings. The van der Waals surface area contributed by atoms with E-state index >= 15 is 0 Å². The van der Waals surface area contributed by atoms with Gasteiger partial charge in [0.25, 0.3) is 0 Å². The molecule has 5 nitrogen and oxygen atoms in total. The summed E-state index contributed by atoms with van der Waals surface area (Å²) in [4.78, 5) is 0. The first-order chi connectivity index (χ1) is 15.8. The summed E-state index contributed by atoms with van der Waals surface area (Å²) in [5.74, 6) is 0.887. The lowest BCUT2D eigenvalue weighted by Crippen LogP contribution is -2.42. The molecule has 4 rings (SSSR count). The summed E-state index contributed by atoms with van der Waals surface area (Å²) in [6, 6.07) is 15.8. The van der Waals surface area contributed by atoms with E-state index in [9.17, 15) is 0 Å². The van der Waals surface area contributed by atoms with Gasteiger partial charge < -0.3 is 5.32 Å². The molecule has 0 bridgehead atoms. The Hall–Kier alpha value is -2.37. The number of tetrazole rings is 1. The van der Waals surface area contributed by atoms with Crippen LogP contribution in [0.15, 0.2) is 54.6 Å². The van der Waals surface area contributed by atoms with E-state index in [0.717, 1.165) is 42.8 Å². The van der Waals surface area contributed by atoms with E-state index in [1.807, 2.05) is 29.0 Å². The van der Waals surface area contributed by atoms with Gasteiger partial charge in [0, 0.05) is 15.7 Å². The molecule has 0 spiro atoms. The van der Waals surface area contributed by atoms with E-state index in [2.05, 4.69) is 72.0 Å². The highest BCUT2D eigenvalue weighted by Gasteiger charge is 2.41. The van der Waals surface area contributed by atoms with Crippen molar-refractivity contribution >= 4 is 35.0 Å². The second kappa shape index (κ2) is 9.86. The zero-order chi connectivity index (χ0) is 23.5. The number of para-hydroxylation sites is 1. The van der Waals surface area contributed by atoms with Crippen molar-refractivity contribution in [2.75, 3.05) is 5.32 Å². The minimum atomic E-state index is -0.307. The number of allylic oxidation sites excluding steroid dienone is 1. The van der Waals surface area contributed by atoms with Gasteiger partial charge in [0.05, 0.1) is 11.6 Å². The summed E-state index contributed by atoms with van der Waals surface area (Å²) < 4.78 is 2.00. The molecule has 0 amide bonds. The van der Waals surface area contributed by atoms with Gasteiger partial charge in [-0.15, -0.1) is 5.10 Å². The summed E-state index contributed by atoms with van der Waals surface area (Å²) in [6.45, 7) is 6.61. The van der Waals surface area contributed by atoms with Gasteiger partial charge in [-0.1, -0.05) is 99.7 Å². The van der Waals surface area contributed by atoms with Crippen LogP contribution in [0.25, 0.3) is 6.08 Å². The van der Waals surface area contributed by atoms with Crippen LogP contribution in [0.2, 0.25) is 10.0 Å². The summed E-state index contributed by atoms with van der Waals surface area (Å²) in [5.41, 5.74) is 1.57. The third kappa shape index (κ3) is 5.42. The fourth-order valence-corrected chi connectivity index (χ4v) is 5.09. The van der Waals surface area contributed by atoms with Crippen LogP contribution in [0.1, 0.15) is 70.3 Å². The number of hydrogen-bond donors (Lipinski definition) is 1. The molecule has 0 saturated heterocycles. The van der Waals surface area contributed by atoms with Crippen molar-refractivity contribution in [2.24, 2.45) is 5.41 Å². The van der Waals surface area contributed by atoms with E-state index in [1.165, 1.54) is 6.42 Å². The molecule has 1 aromatic heterocycles. The molecule has 2 aromatic carbocycles. The van der Waals surface area contributed by atoms with Crippen molar-refractivity contribution in [3.63, 3.8) is 0 Å². The quantitative estimate of drug-likeness (QED) is 0.392. The van der Waals surface area contributed by atoms with E-state index in [1.54, 1.807) is 6.07 Å². The monoisotopic (exact) mass is 483 g/mol. The van der Waals surface area contributed by atoms with Crippen LogP contribution in [0.5, 0.6) is 0 Å². The zero-order valence-corrected chi connectivity index (χ0v) is 20.9. The summed E-state index contributed by atoms with van der Waals surface area (Å²) in [6.07, 6.45) is 9.69. The maximum atomic E-state index is 6.42. The van der Waals surface area contributed by atoms with E-state index in [4.69, 9.17) is 23.2 Å². The van der Waals surface area contributed by atoms with Gasteiger partial charge in [-0.25, -0.2) is 4.68 Å². The summed E-state index contributed by atoms with van der Waals surface area (Å²) in [7, 11) is 0. The molecule has 1 aliphatic carbocycles. The second-order valence-corrected chi connectivity index (χ2v) is 10.8. The second-order valence-electron chi connectivity index (χ2n) is 9.92. The minimum Gasteiger partial charge on any atom is -0.373 e. The van der Waals surface area contributed by atoms with Gasteiger partial charge in [-0.3, -0.25) is 0 Å². The molecule has 1 aliphatic rings. The standard InChI is InChI=1S/C26H31Cl2N5/c1-25(2,3)23(15-13-19-12-14-20(27)18-22(19)28)33-24(30-31-32-33)26(16-8-5-9-17-26)29-21-10-6-4-7-11-21/h4,6-7,10-15,18,23,29H,5,8-9,16-17H2,1-3H3/b15-13-. The predicted octanol–water partition coefficient (Wildman–Crippen LogP) is 7.55. The highest BCUT2D eigenvalue weighted by Crippen LogP contribution is 2.42. The fraction of sp³-hybridized carbons (Fsp3) is 0.423. The average molecular weight is 484 g/mol. The van der Waals surface area contributed by atoms with Crippen LogP contribution in [0.4, 0.5) is 5.69 Å². The number of nitrogens with zero attached hydrogens (tertiary/aromatic N) is 4. The molecule has 1 heterocycles. The molecule has 174 valence electrons. The Morgan fingerprint density at radius 2 is 1.76 bits per heavy atom. The maximum absolute atomic E-state index is 6.42. The Balaban J connectivity index is 1.74. The summed E-state index contributed by atoms with van der Waals surface area (Å²) in [5, 5.41) is 18.3. The smallest absolute Gasteiger partial charge is 0.177 e. The zero-order valence-electron chi connectivity index (χ0n) is 19.4. The number of benzene rings is 2. The lowest BCUT2D eigenvalue weighted by molar-refractivity contribution is 0.237. The van der Waals surface area contributed by atoms with E-state index in [-0.39, 0.29) is 17.0 Å². The molecule has 1 unspecified atom stereocenters. The van der Waals surface area contributed by atoms with Crippen LogP contribution in [0.3, 0.4) is 0 Å². The topological polar surface area (TPSA) is 55.6 Å². The molecule has 33 heavy (non-hydrogen) atoms. The SMILES string of the molecule is CC(C)(C)C(/C=C\c1ccc(Cl)cc1Cl)n1nnnc1C1(Nc2ccccc2)CCCCC1. The molecular weight excluding hydrogens is 453 g/mol. The predicted molar refractivity (Wildman–Crippen MR) is 137 cm³/mol. The first kappa shape index (κ1) is 23.8. The average Bonchev–Trinajstić information content (AvgIpc) is 3.26. The molecular formula is C26H31Cl2N5. The van der Waals surface area contributed by atoms with Crippen molar-refractivity contribution in [1.82, 2.24) is 20.2 Å². The van der Waals surface area contributed by atoms with Gasteiger partial charge in [0.1, 0.15) is 0 Å². The van der Waals surface area contributed by atoms with Crippen LogP contribution < -0.4 is 5.32 Å². The molecule has 7 heteroatoms. The number of halogens is 2. The van der Waals surface area contributed by atoms with Crippen LogP contribution in [-0.2, 0) is 5.54 Å². The van der Waals surface area contributed by atoms with E-state index < -0.39 is 0 Å². The Bertz CT molecular complexity index is 1100. The van der Waals surface area contributed by atoms with Crippen molar-refractivity contribution < 1.29 is 0 Å². The maximum Gasteiger partial charge on any atom is 0.177 e.